The van der Waals surface area contributed by atoms with Crippen molar-refractivity contribution in [3.8, 4) is 0 Å². The number of cyclic esters (lactones) is 1. The molecular weight excluding hydrogens is 348 g/mol. The second-order valence-corrected chi connectivity index (χ2v) is 9.43. The van der Waals surface area contributed by atoms with Gasteiger partial charge in [-0.15, -0.1) is 0 Å². The maximum absolute atomic E-state index is 13.4. The van der Waals surface area contributed by atoms with Gasteiger partial charge in [0.05, 0.1) is 11.1 Å². The van der Waals surface area contributed by atoms with Gasteiger partial charge in [0.2, 0.25) is 5.91 Å². The van der Waals surface area contributed by atoms with E-state index in [0.29, 0.717) is 18.5 Å². The van der Waals surface area contributed by atoms with Crippen molar-refractivity contribution in [1.82, 2.24) is 9.80 Å². The number of hydrogen-bond donors (Lipinski definition) is 0. The lowest BCUT2D eigenvalue weighted by molar-refractivity contribution is -0.140. The maximum atomic E-state index is 13.4. The largest absolute Gasteiger partial charge is 0.456 e. The average molecular weight is 376 g/mol. The Balaban J connectivity index is 1.54. The van der Waals surface area contributed by atoms with Crippen molar-refractivity contribution >= 4 is 18.0 Å². The van der Waals surface area contributed by atoms with Crippen molar-refractivity contribution in [2.24, 2.45) is 5.41 Å². The van der Waals surface area contributed by atoms with E-state index in [1.54, 1.807) is 4.90 Å². The Labute approximate surface area is 159 Å². The Bertz CT molecular complexity index is 708. The first kappa shape index (κ1) is 18.3. The van der Waals surface area contributed by atoms with E-state index >= 15 is 0 Å². The zero-order chi connectivity index (χ0) is 19.6. The first-order valence-electron chi connectivity index (χ1n) is 9.82. The van der Waals surface area contributed by atoms with E-state index in [1.165, 1.54) is 6.08 Å². The number of carbonyl (C=O) groups is 3. The smallest absolute Gasteiger partial charge is 0.410 e. The zero-order valence-electron chi connectivity index (χ0n) is 16.5. The molecule has 0 aromatic carbocycles. The van der Waals surface area contributed by atoms with Crippen molar-refractivity contribution in [2.45, 2.75) is 83.5 Å². The van der Waals surface area contributed by atoms with Crippen LogP contribution in [-0.2, 0) is 19.1 Å². The molecule has 4 aliphatic heterocycles. The number of ether oxygens (including phenoxy) is 2. The van der Waals surface area contributed by atoms with Crippen LogP contribution >= 0.6 is 0 Å². The fraction of sp³-hybridized carbons (Fsp3) is 0.750. The van der Waals surface area contributed by atoms with Crippen molar-refractivity contribution in [1.29, 1.82) is 0 Å². The molecule has 0 aromatic rings. The van der Waals surface area contributed by atoms with Crippen molar-refractivity contribution < 1.29 is 23.9 Å². The van der Waals surface area contributed by atoms with Crippen LogP contribution in [0.3, 0.4) is 0 Å². The molecule has 7 nitrogen and oxygen atoms in total. The molecule has 2 unspecified atom stereocenters. The summed E-state index contributed by atoms with van der Waals surface area (Å²) in [6, 6.07) is 0.126. The third kappa shape index (κ3) is 3.01. The third-order valence-electron chi connectivity index (χ3n) is 6.23. The van der Waals surface area contributed by atoms with Gasteiger partial charge < -0.3 is 19.3 Å². The Hall–Kier alpha value is -2.05. The standard InChI is InChI=1S/C20H28N2O5/c1-12-8-20(17(24)21(12)15-7-16(23)26-11-15)9-13-5-6-14(10-20)22(13)18(25)27-19(2,3)4/h7,12-14H,5-6,8-11H2,1-4H3/t12?,13-,14+,20?. The number of piperidine rings is 1. The summed E-state index contributed by atoms with van der Waals surface area (Å²) in [6.07, 6.45) is 5.09. The molecule has 7 heteroatoms. The van der Waals surface area contributed by atoms with Crippen LogP contribution < -0.4 is 0 Å². The van der Waals surface area contributed by atoms with E-state index < -0.39 is 11.0 Å². The molecule has 4 aliphatic rings. The molecule has 2 bridgehead atoms. The second-order valence-electron chi connectivity index (χ2n) is 9.43. The predicted molar refractivity (Wildman–Crippen MR) is 96.5 cm³/mol. The van der Waals surface area contributed by atoms with Crippen molar-refractivity contribution in [3.05, 3.63) is 11.8 Å². The lowest BCUT2D eigenvalue weighted by atomic mass is 9.73. The summed E-state index contributed by atoms with van der Waals surface area (Å²) in [6.45, 7) is 7.81. The third-order valence-corrected chi connectivity index (χ3v) is 6.23. The number of nitrogens with zero attached hydrogens (tertiary/aromatic N) is 2. The Morgan fingerprint density at radius 1 is 1.19 bits per heavy atom. The lowest BCUT2D eigenvalue weighted by Crippen LogP contribution is -2.53. The molecule has 4 atom stereocenters. The van der Waals surface area contributed by atoms with Crippen LogP contribution in [0.1, 0.15) is 59.8 Å². The van der Waals surface area contributed by atoms with E-state index in [9.17, 15) is 14.4 Å². The summed E-state index contributed by atoms with van der Waals surface area (Å²) in [5, 5.41) is 0. The zero-order valence-corrected chi connectivity index (χ0v) is 16.5. The number of esters is 1. The van der Waals surface area contributed by atoms with Gasteiger partial charge in [0, 0.05) is 24.2 Å². The van der Waals surface area contributed by atoms with Crippen LogP contribution in [0.25, 0.3) is 0 Å². The molecule has 1 spiro atoms. The van der Waals surface area contributed by atoms with Crippen LogP contribution in [-0.4, -0.2) is 58.1 Å². The average Bonchev–Trinajstić information content (AvgIpc) is 3.14. The Kier molecular flexibility index (Phi) is 4.05. The number of likely N-dealkylation sites (tertiary alicyclic amines) is 1. The SMILES string of the molecule is CC1CC2(C[C@H]3CC[C@@H](C2)N3C(=O)OC(C)(C)C)C(=O)N1C1=CC(=O)OC1. The number of amides is 2. The molecule has 4 rings (SSSR count). The van der Waals surface area contributed by atoms with Crippen LogP contribution in [0.5, 0.6) is 0 Å². The van der Waals surface area contributed by atoms with Crippen LogP contribution in [0.2, 0.25) is 0 Å². The van der Waals surface area contributed by atoms with E-state index in [4.69, 9.17) is 9.47 Å². The maximum Gasteiger partial charge on any atom is 0.410 e. The quantitative estimate of drug-likeness (QED) is 0.658. The van der Waals surface area contributed by atoms with Gasteiger partial charge in [0.15, 0.2) is 0 Å². The summed E-state index contributed by atoms with van der Waals surface area (Å²) in [5.41, 5.74) is -0.311. The molecule has 0 N–H and O–H groups in total. The van der Waals surface area contributed by atoms with E-state index in [2.05, 4.69) is 0 Å². The topological polar surface area (TPSA) is 76.2 Å². The minimum atomic E-state index is -0.526. The molecule has 27 heavy (non-hydrogen) atoms. The molecule has 4 heterocycles. The van der Waals surface area contributed by atoms with E-state index in [-0.39, 0.29) is 42.7 Å². The number of carbonyl (C=O) groups excluding carboxylic acids is 3. The molecule has 3 saturated heterocycles. The molecule has 0 aliphatic carbocycles. The molecule has 148 valence electrons. The number of hydrogen-bond acceptors (Lipinski definition) is 5. The summed E-state index contributed by atoms with van der Waals surface area (Å²) in [5.74, 6) is -0.300. The van der Waals surface area contributed by atoms with Gasteiger partial charge in [-0.25, -0.2) is 9.59 Å². The van der Waals surface area contributed by atoms with Crippen LogP contribution in [0.4, 0.5) is 4.79 Å². The summed E-state index contributed by atoms with van der Waals surface area (Å²) in [7, 11) is 0. The van der Waals surface area contributed by atoms with Gasteiger partial charge in [-0.2, -0.15) is 0 Å². The number of rotatable bonds is 1. The van der Waals surface area contributed by atoms with Crippen molar-refractivity contribution in [3.63, 3.8) is 0 Å². The lowest BCUT2D eigenvalue weighted by Gasteiger charge is -2.43. The van der Waals surface area contributed by atoms with E-state index in [0.717, 1.165) is 19.3 Å². The number of fused-ring (bicyclic) bond motifs is 2. The van der Waals surface area contributed by atoms with E-state index in [1.807, 2.05) is 32.6 Å². The summed E-state index contributed by atoms with van der Waals surface area (Å²) >= 11 is 0. The van der Waals surface area contributed by atoms with Crippen molar-refractivity contribution in [2.75, 3.05) is 6.61 Å². The fourth-order valence-electron chi connectivity index (χ4n) is 5.42. The normalized spacial score (nSPS) is 35.7. The van der Waals surface area contributed by atoms with Gasteiger partial charge in [-0.05, 0) is 59.8 Å². The highest BCUT2D eigenvalue weighted by atomic mass is 16.6. The van der Waals surface area contributed by atoms with Gasteiger partial charge in [-0.3, -0.25) is 4.79 Å². The minimum Gasteiger partial charge on any atom is -0.456 e. The highest BCUT2D eigenvalue weighted by molar-refractivity contribution is 5.91. The fourth-order valence-corrected chi connectivity index (χ4v) is 5.42. The van der Waals surface area contributed by atoms with Gasteiger partial charge >= 0.3 is 12.1 Å². The highest BCUT2D eigenvalue weighted by Gasteiger charge is 2.59. The van der Waals surface area contributed by atoms with Gasteiger partial charge in [-0.1, -0.05) is 0 Å². The molecule has 3 fully saturated rings. The van der Waals surface area contributed by atoms with Gasteiger partial charge in [0.25, 0.3) is 0 Å². The Morgan fingerprint density at radius 3 is 2.33 bits per heavy atom. The summed E-state index contributed by atoms with van der Waals surface area (Å²) < 4.78 is 10.6. The highest BCUT2D eigenvalue weighted by Crippen LogP contribution is 2.53. The Morgan fingerprint density at radius 2 is 1.81 bits per heavy atom. The molecule has 2 amide bonds. The first-order chi connectivity index (χ1) is 12.6. The molecule has 0 aromatic heterocycles. The first-order valence-corrected chi connectivity index (χ1v) is 9.82. The molecular formula is C20H28N2O5. The van der Waals surface area contributed by atoms with Crippen LogP contribution in [0, 0.1) is 5.41 Å². The minimum absolute atomic E-state index is 0.0331. The monoisotopic (exact) mass is 376 g/mol. The summed E-state index contributed by atoms with van der Waals surface area (Å²) in [4.78, 5) is 41.1. The van der Waals surface area contributed by atoms with Crippen LogP contribution in [0.15, 0.2) is 11.8 Å². The molecule has 0 radical (unpaired) electrons. The molecule has 0 saturated carbocycles. The predicted octanol–water partition coefficient (Wildman–Crippen LogP) is 2.60. The van der Waals surface area contributed by atoms with Gasteiger partial charge in [0.1, 0.15) is 12.2 Å². The second kappa shape index (κ2) is 5.97.